The first-order valence-corrected chi connectivity index (χ1v) is 8.42. The molecule has 4 heterocycles. The molecule has 5 nitrogen and oxygen atoms in total. The Hall–Kier alpha value is -1.59. The van der Waals surface area contributed by atoms with E-state index in [9.17, 15) is 0 Å². The summed E-state index contributed by atoms with van der Waals surface area (Å²) < 4.78 is 2.27. The fourth-order valence-corrected chi connectivity index (χ4v) is 3.59. The van der Waals surface area contributed by atoms with Crippen LogP contribution >= 0.6 is 0 Å². The number of imidazole rings is 1. The zero-order valence-electron chi connectivity index (χ0n) is 13.4. The Bertz CT molecular complexity index is 636. The zero-order valence-corrected chi connectivity index (χ0v) is 13.4. The second-order valence-corrected chi connectivity index (χ2v) is 6.62. The molecule has 22 heavy (non-hydrogen) atoms. The normalized spacial score (nSPS) is 21.0. The molecule has 0 aromatic carbocycles. The first-order valence-electron chi connectivity index (χ1n) is 8.42. The lowest BCUT2D eigenvalue weighted by molar-refractivity contribution is 0.311. The van der Waals surface area contributed by atoms with Crippen molar-refractivity contribution >= 4 is 11.5 Å². The van der Waals surface area contributed by atoms with Gasteiger partial charge in [0.15, 0.2) is 0 Å². The number of pyridine rings is 1. The van der Waals surface area contributed by atoms with Gasteiger partial charge in [-0.25, -0.2) is 4.98 Å². The minimum Gasteiger partial charge on any atom is -0.355 e. The predicted octanol–water partition coefficient (Wildman–Crippen LogP) is 1.68. The molecule has 4 rings (SSSR count). The molecule has 5 heteroatoms. The topological polar surface area (TPSA) is 27.0 Å². The molecule has 0 atom stereocenters. The summed E-state index contributed by atoms with van der Waals surface area (Å²) >= 11 is 0. The van der Waals surface area contributed by atoms with Crippen LogP contribution in [-0.2, 0) is 6.54 Å². The summed E-state index contributed by atoms with van der Waals surface area (Å²) in [7, 11) is 2.20. The van der Waals surface area contributed by atoms with Crippen molar-refractivity contribution in [1.82, 2.24) is 19.2 Å². The lowest BCUT2D eigenvalue weighted by Gasteiger charge is -2.34. The van der Waals surface area contributed by atoms with Crippen molar-refractivity contribution in [1.29, 1.82) is 0 Å². The van der Waals surface area contributed by atoms with E-state index in [1.165, 1.54) is 37.4 Å². The minimum atomic E-state index is 0.990. The van der Waals surface area contributed by atoms with Gasteiger partial charge in [-0.15, -0.1) is 0 Å². The van der Waals surface area contributed by atoms with Gasteiger partial charge in [0.1, 0.15) is 11.5 Å². The number of likely N-dealkylation sites (tertiary alicyclic amines) is 1. The van der Waals surface area contributed by atoms with E-state index in [-0.39, 0.29) is 0 Å². The lowest BCUT2D eigenvalue weighted by Crippen LogP contribution is -2.45. The van der Waals surface area contributed by atoms with Crippen LogP contribution in [0.3, 0.4) is 0 Å². The molecule has 118 valence electrons. The molecule has 0 saturated carbocycles. The van der Waals surface area contributed by atoms with E-state index in [1.807, 2.05) is 0 Å². The number of piperazine rings is 1. The Morgan fingerprint density at radius 1 is 1.00 bits per heavy atom. The summed E-state index contributed by atoms with van der Waals surface area (Å²) in [5.74, 6) is 1.28. The number of hydrogen-bond acceptors (Lipinski definition) is 4. The highest BCUT2D eigenvalue weighted by atomic mass is 15.3. The first-order chi connectivity index (χ1) is 10.8. The average Bonchev–Trinajstić information content (AvgIpc) is 3.17. The largest absolute Gasteiger partial charge is 0.355 e. The molecular weight excluding hydrogens is 274 g/mol. The van der Waals surface area contributed by atoms with E-state index in [4.69, 9.17) is 4.98 Å². The molecule has 2 saturated heterocycles. The third-order valence-corrected chi connectivity index (χ3v) is 4.93. The van der Waals surface area contributed by atoms with E-state index >= 15 is 0 Å². The molecule has 2 aliphatic rings. The highest BCUT2D eigenvalue weighted by molar-refractivity contribution is 5.52. The number of anilines is 1. The SMILES string of the molecule is CN1CCN(c2cccc3nc(CN4CCCC4)cn23)CC1. The number of aromatic nitrogens is 2. The second-order valence-electron chi connectivity index (χ2n) is 6.62. The number of likely N-dealkylation sites (N-methyl/N-ethyl adjacent to an activating group) is 1. The molecule has 2 aromatic rings. The van der Waals surface area contributed by atoms with Gasteiger partial charge in [-0.3, -0.25) is 9.30 Å². The molecule has 2 aliphatic heterocycles. The smallest absolute Gasteiger partial charge is 0.138 e. The van der Waals surface area contributed by atoms with Crippen molar-refractivity contribution in [2.24, 2.45) is 0 Å². The maximum atomic E-state index is 4.83. The third kappa shape index (κ3) is 2.71. The summed E-state index contributed by atoms with van der Waals surface area (Å²) in [6.45, 7) is 7.88. The summed E-state index contributed by atoms with van der Waals surface area (Å²) in [6, 6.07) is 6.47. The molecule has 0 radical (unpaired) electrons. The molecule has 0 bridgehead atoms. The number of fused-ring (bicyclic) bond motifs is 1. The van der Waals surface area contributed by atoms with Crippen LogP contribution in [0.4, 0.5) is 5.82 Å². The van der Waals surface area contributed by atoms with Crippen LogP contribution in [0, 0.1) is 0 Å². The van der Waals surface area contributed by atoms with Crippen LogP contribution < -0.4 is 4.90 Å². The number of nitrogens with zero attached hydrogens (tertiary/aromatic N) is 5. The van der Waals surface area contributed by atoms with Crippen molar-refractivity contribution in [3.8, 4) is 0 Å². The van der Waals surface area contributed by atoms with E-state index in [2.05, 4.69) is 50.5 Å². The minimum absolute atomic E-state index is 0.990. The second kappa shape index (κ2) is 5.89. The maximum Gasteiger partial charge on any atom is 0.138 e. The van der Waals surface area contributed by atoms with Crippen LogP contribution in [0.25, 0.3) is 5.65 Å². The summed E-state index contributed by atoms with van der Waals surface area (Å²) in [6.07, 6.45) is 4.90. The first kappa shape index (κ1) is 14.0. The van der Waals surface area contributed by atoms with Gasteiger partial charge in [0, 0.05) is 38.9 Å². The Labute approximate surface area is 132 Å². The molecule has 2 aromatic heterocycles. The van der Waals surface area contributed by atoms with Crippen LogP contribution in [0.5, 0.6) is 0 Å². The molecule has 0 unspecified atom stereocenters. The molecular formula is C17H25N5. The number of rotatable bonds is 3. The van der Waals surface area contributed by atoms with Gasteiger partial charge in [0.25, 0.3) is 0 Å². The van der Waals surface area contributed by atoms with Crippen LogP contribution in [0.15, 0.2) is 24.4 Å². The highest BCUT2D eigenvalue weighted by Crippen LogP contribution is 2.20. The lowest BCUT2D eigenvalue weighted by atomic mass is 10.3. The van der Waals surface area contributed by atoms with Crippen molar-refractivity contribution < 1.29 is 0 Å². The Morgan fingerprint density at radius 3 is 2.55 bits per heavy atom. The average molecular weight is 299 g/mol. The van der Waals surface area contributed by atoms with E-state index in [0.29, 0.717) is 0 Å². The van der Waals surface area contributed by atoms with E-state index < -0.39 is 0 Å². The summed E-state index contributed by atoms with van der Waals surface area (Å²) in [5.41, 5.74) is 2.27. The Morgan fingerprint density at radius 2 is 1.77 bits per heavy atom. The number of hydrogen-bond donors (Lipinski definition) is 0. The fraction of sp³-hybridized carbons (Fsp3) is 0.588. The van der Waals surface area contributed by atoms with Gasteiger partial charge in [-0.1, -0.05) is 6.07 Å². The van der Waals surface area contributed by atoms with E-state index in [1.54, 1.807) is 0 Å². The monoisotopic (exact) mass is 299 g/mol. The van der Waals surface area contributed by atoms with E-state index in [0.717, 1.165) is 38.4 Å². The Balaban J connectivity index is 1.60. The van der Waals surface area contributed by atoms with Crippen molar-refractivity contribution in [3.05, 3.63) is 30.1 Å². The van der Waals surface area contributed by atoms with Gasteiger partial charge < -0.3 is 9.80 Å². The highest BCUT2D eigenvalue weighted by Gasteiger charge is 2.18. The molecule has 0 N–H and O–H groups in total. The van der Waals surface area contributed by atoms with Gasteiger partial charge in [-0.2, -0.15) is 0 Å². The van der Waals surface area contributed by atoms with Gasteiger partial charge in [-0.05, 0) is 45.1 Å². The predicted molar refractivity (Wildman–Crippen MR) is 89.4 cm³/mol. The molecule has 0 amide bonds. The summed E-state index contributed by atoms with van der Waals surface area (Å²) in [4.78, 5) is 12.2. The third-order valence-electron chi connectivity index (χ3n) is 4.93. The van der Waals surface area contributed by atoms with Gasteiger partial charge >= 0.3 is 0 Å². The maximum absolute atomic E-state index is 4.83. The van der Waals surface area contributed by atoms with Crippen LogP contribution in [-0.4, -0.2) is 65.5 Å². The fourth-order valence-electron chi connectivity index (χ4n) is 3.59. The van der Waals surface area contributed by atoms with Gasteiger partial charge in [0.2, 0.25) is 0 Å². The zero-order chi connectivity index (χ0) is 14.9. The summed E-state index contributed by atoms with van der Waals surface area (Å²) in [5, 5.41) is 0. The van der Waals surface area contributed by atoms with Crippen molar-refractivity contribution in [3.63, 3.8) is 0 Å². The van der Waals surface area contributed by atoms with Crippen LogP contribution in [0.1, 0.15) is 18.5 Å². The Kier molecular flexibility index (Phi) is 3.76. The molecule has 0 spiro atoms. The van der Waals surface area contributed by atoms with Crippen molar-refractivity contribution in [2.45, 2.75) is 19.4 Å². The molecule has 2 fully saturated rings. The molecule has 0 aliphatic carbocycles. The quantitative estimate of drug-likeness (QED) is 0.862. The van der Waals surface area contributed by atoms with Gasteiger partial charge in [0.05, 0.1) is 5.69 Å². The van der Waals surface area contributed by atoms with Crippen LogP contribution in [0.2, 0.25) is 0 Å². The standard InChI is InChI=1S/C17H25N5/c1-19-9-11-21(12-10-19)17-6-4-5-16-18-15(14-22(16)17)13-20-7-2-3-8-20/h4-6,14H,2-3,7-13H2,1H3. The van der Waals surface area contributed by atoms with Crippen molar-refractivity contribution in [2.75, 3.05) is 51.2 Å².